The molecule has 1 atom stereocenters. The normalized spacial score (nSPS) is 20.9. The predicted octanol–water partition coefficient (Wildman–Crippen LogP) is 2.45. The molecule has 0 fully saturated rings. The largest absolute Gasteiger partial charge is 0.254 e. The van der Waals surface area contributed by atoms with Gasteiger partial charge in [0.05, 0.1) is 10.8 Å². The second-order valence-electron chi connectivity index (χ2n) is 3.11. The van der Waals surface area contributed by atoms with Crippen LogP contribution in [0.25, 0.3) is 0 Å². The van der Waals surface area contributed by atoms with Gasteiger partial charge >= 0.3 is 0 Å². The third-order valence-corrected chi connectivity index (χ3v) is 4.00. The van der Waals surface area contributed by atoms with Gasteiger partial charge in [0.2, 0.25) is 0 Å². The van der Waals surface area contributed by atoms with Crippen LogP contribution in [0.4, 0.5) is 0 Å². The fraction of sp³-hybridized carbons (Fsp3) is 0.0909. The Kier molecular flexibility index (Phi) is 5.86. The Labute approximate surface area is 121 Å². The molecule has 19 heavy (non-hydrogen) atoms. The summed E-state index contributed by atoms with van der Waals surface area (Å²) < 4.78 is 17.3. The molecular formula is C11H10N4OS3. The van der Waals surface area contributed by atoms with Crippen LogP contribution >= 0.6 is 23.3 Å². The van der Waals surface area contributed by atoms with Crippen molar-refractivity contribution >= 4 is 52.5 Å². The summed E-state index contributed by atoms with van der Waals surface area (Å²) in [4.78, 5) is 9.35. The Hall–Kier alpha value is -1.38. The van der Waals surface area contributed by atoms with Gasteiger partial charge in [-0.05, 0) is 29.8 Å². The van der Waals surface area contributed by atoms with E-state index in [1.165, 1.54) is 28.1 Å². The Balaban J connectivity index is 0.000000109. The number of hydrogen-bond acceptors (Lipinski definition) is 6. The molecule has 0 aromatic carbocycles. The van der Waals surface area contributed by atoms with E-state index in [0.29, 0.717) is 0 Å². The van der Waals surface area contributed by atoms with E-state index >= 15 is 0 Å². The Bertz CT molecular complexity index is 542. The van der Waals surface area contributed by atoms with E-state index < -0.39 is 11.0 Å². The number of fused-ring (bicyclic) bond motifs is 1. The highest BCUT2D eigenvalue weighted by molar-refractivity contribution is 8.04. The lowest BCUT2D eigenvalue weighted by molar-refractivity contribution is 0.690. The summed E-state index contributed by atoms with van der Waals surface area (Å²) in [5.74, 6) is 1.79. The molecule has 0 radical (unpaired) electrons. The molecular weight excluding hydrogens is 300 g/mol. The van der Waals surface area contributed by atoms with Gasteiger partial charge in [0.1, 0.15) is 0 Å². The van der Waals surface area contributed by atoms with E-state index in [2.05, 4.69) is 18.8 Å². The van der Waals surface area contributed by atoms with Crippen LogP contribution in [-0.2, 0) is 11.0 Å². The zero-order valence-electron chi connectivity index (χ0n) is 9.75. The first-order chi connectivity index (χ1) is 9.36. The topological polar surface area (TPSA) is 67.0 Å². The molecule has 1 unspecified atom stereocenters. The monoisotopic (exact) mass is 310 g/mol. The average molecular weight is 310 g/mol. The second kappa shape index (κ2) is 7.93. The van der Waals surface area contributed by atoms with Crippen LogP contribution in [-0.4, -0.2) is 32.7 Å². The molecule has 0 bridgehead atoms. The van der Waals surface area contributed by atoms with Crippen molar-refractivity contribution in [3.8, 4) is 0 Å². The number of rotatable bonds is 0. The maximum Gasteiger partial charge on any atom is 0.165 e. The molecule has 0 amide bonds. The number of aliphatic imine (C=N–C) groups is 2. The van der Waals surface area contributed by atoms with Gasteiger partial charge in [0.15, 0.2) is 16.8 Å². The lowest BCUT2D eigenvalue weighted by Crippen LogP contribution is -1.81. The minimum atomic E-state index is -1.03. The van der Waals surface area contributed by atoms with E-state index in [1.54, 1.807) is 30.2 Å². The molecule has 0 N–H and O–H groups in total. The Morgan fingerprint density at radius 3 is 2.74 bits per heavy atom. The summed E-state index contributed by atoms with van der Waals surface area (Å²) in [6.45, 7) is 0. The minimum absolute atomic E-state index is 0.860. The van der Waals surface area contributed by atoms with Crippen molar-refractivity contribution in [1.29, 1.82) is 0 Å². The molecule has 3 aliphatic heterocycles. The van der Waals surface area contributed by atoms with E-state index in [1.807, 2.05) is 17.5 Å². The summed E-state index contributed by atoms with van der Waals surface area (Å²) in [5, 5.41) is 3.46. The highest BCUT2D eigenvalue weighted by atomic mass is 32.2. The lowest BCUT2D eigenvalue weighted by Gasteiger charge is -1.82. The number of aromatic nitrogens is 1. The van der Waals surface area contributed by atoms with Gasteiger partial charge in [-0.3, -0.25) is 4.99 Å². The number of amidine groups is 1. The molecule has 98 valence electrons. The summed E-state index contributed by atoms with van der Waals surface area (Å²) in [6.07, 6.45) is 8.74. The molecule has 4 heterocycles. The maximum atomic E-state index is 10.1. The van der Waals surface area contributed by atoms with E-state index in [0.717, 1.165) is 11.7 Å². The highest BCUT2D eigenvalue weighted by Gasteiger charge is 2.14. The molecule has 5 nitrogen and oxygen atoms in total. The fourth-order valence-corrected chi connectivity index (χ4v) is 2.66. The summed E-state index contributed by atoms with van der Waals surface area (Å²) in [7, 11) is -1.03. The minimum Gasteiger partial charge on any atom is -0.254 e. The van der Waals surface area contributed by atoms with Crippen LogP contribution in [0.15, 0.2) is 54.5 Å². The second-order valence-corrected chi connectivity index (χ2v) is 5.83. The molecule has 1 aromatic rings. The van der Waals surface area contributed by atoms with E-state index in [4.69, 9.17) is 0 Å². The van der Waals surface area contributed by atoms with E-state index in [9.17, 15) is 4.21 Å². The Morgan fingerprint density at radius 1 is 1.32 bits per heavy atom. The van der Waals surface area contributed by atoms with Gasteiger partial charge < -0.3 is 0 Å². The van der Waals surface area contributed by atoms with E-state index in [-0.39, 0.29) is 0 Å². The summed E-state index contributed by atoms with van der Waals surface area (Å²) >= 11 is 3.21. The van der Waals surface area contributed by atoms with Gasteiger partial charge in [0.25, 0.3) is 0 Å². The molecule has 1 aromatic heterocycles. The van der Waals surface area contributed by atoms with Gasteiger partial charge in [-0.2, -0.15) is 4.40 Å². The van der Waals surface area contributed by atoms with Crippen molar-refractivity contribution in [2.24, 2.45) is 14.4 Å². The zero-order chi connectivity index (χ0) is 13.3. The van der Waals surface area contributed by atoms with Crippen LogP contribution in [0.3, 0.4) is 0 Å². The number of nitrogens with zero attached hydrogens (tertiary/aromatic N) is 4. The molecule has 0 saturated heterocycles. The summed E-state index contributed by atoms with van der Waals surface area (Å²) in [5.41, 5.74) is 0. The standard InChI is InChI=1S/C5H4N2S.C3H3NOS.C3H3NS/c1-2-6-5-4(1)8-3-7-5;5-6-3-1-2-4-6;1-2-4-5-3-1/h1-2H,3H2;1-3H;1-3H. The van der Waals surface area contributed by atoms with Gasteiger partial charge in [0, 0.05) is 29.4 Å². The molecule has 3 aliphatic rings. The number of thioether (sulfide) groups is 1. The van der Waals surface area contributed by atoms with Crippen molar-refractivity contribution in [1.82, 2.24) is 4.37 Å². The molecule has 0 aliphatic carbocycles. The Morgan fingerprint density at radius 2 is 2.26 bits per heavy atom. The summed E-state index contributed by atoms with van der Waals surface area (Å²) in [6, 6.07) is 1.91. The maximum absolute atomic E-state index is 10.1. The van der Waals surface area contributed by atoms with Crippen molar-refractivity contribution < 1.29 is 4.21 Å². The zero-order valence-corrected chi connectivity index (χ0v) is 12.2. The lowest BCUT2D eigenvalue weighted by atomic mass is 10.5. The van der Waals surface area contributed by atoms with Gasteiger partial charge in [-0.25, -0.2) is 13.6 Å². The number of allylic oxidation sites excluding steroid dienone is 2. The first kappa shape index (κ1) is 14.0. The molecule has 0 spiro atoms. The third kappa shape index (κ3) is 5.01. The number of hydrogen-bond donors (Lipinski definition) is 0. The SMILES string of the molecule is C1=NC2=NCSC2=C1.O=S1C=CC=N1.c1cnsc1. The molecule has 4 rings (SSSR count). The quantitative estimate of drug-likeness (QED) is 0.739. The first-order valence-electron chi connectivity index (χ1n) is 5.24. The van der Waals surface area contributed by atoms with Crippen molar-refractivity contribution in [3.63, 3.8) is 0 Å². The average Bonchev–Trinajstić information content (AvgIpc) is 3.18. The highest BCUT2D eigenvalue weighted by Crippen LogP contribution is 2.26. The predicted molar refractivity (Wildman–Crippen MR) is 84.4 cm³/mol. The van der Waals surface area contributed by atoms with Crippen molar-refractivity contribution in [3.05, 3.63) is 40.1 Å². The fourth-order valence-electron chi connectivity index (χ4n) is 1.12. The van der Waals surface area contributed by atoms with Crippen LogP contribution in [0.5, 0.6) is 0 Å². The van der Waals surface area contributed by atoms with Gasteiger partial charge in [-0.15, -0.1) is 0 Å². The smallest absolute Gasteiger partial charge is 0.165 e. The van der Waals surface area contributed by atoms with Gasteiger partial charge in [-0.1, -0.05) is 11.8 Å². The van der Waals surface area contributed by atoms with Crippen LogP contribution in [0, 0.1) is 0 Å². The van der Waals surface area contributed by atoms with Crippen molar-refractivity contribution in [2.75, 3.05) is 5.88 Å². The third-order valence-electron chi connectivity index (χ3n) is 1.87. The van der Waals surface area contributed by atoms with Crippen molar-refractivity contribution in [2.45, 2.75) is 0 Å². The molecule has 0 saturated carbocycles. The van der Waals surface area contributed by atoms with Crippen LogP contribution in [0.1, 0.15) is 0 Å². The molecule has 8 heteroatoms. The first-order valence-corrected chi connectivity index (χ1v) is 8.23. The van der Waals surface area contributed by atoms with Crippen LogP contribution in [0.2, 0.25) is 0 Å². The van der Waals surface area contributed by atoms with Crippen LogP contribution < -0.4 is 0 Å².